The molecule has 1 unspecified atom stereocenters. The van der Waals surface area contributed by atoms with Crippen LogP contribution in [0, 0.1) is 12.8 Å². The van der Waals surface area contributed by atoms with Crippen LogP contribution < -0.4 is 0 Å². The zero-order valence-electron chi connectivity index (χ0n) is 14.0. The van der Waals surface area contributed by atoms with E-state index in [-0.39, 0.29) is 5.91 Å². The number of hydrogen-bond acceptors (Lipinski definition) is 5. The molecule has 1 saturated heterocycles. The van der Waals surface area contributed by atoms with Crippen molar-refractivity contribution in [3.05, 3.63) is 35.7 Å². The average Bonchev–Trinajstić information content (AvgIpc) is 3.28. The Bertz CT molecular complexity index is 716. The van der Waals surface area contributed by atoms with Gasteiger partial charge in [0.15, 0.2) is 0 Å². The molecule has 2 aliphatic heterocycles. The van der Waals surface area contributed by atoms with E-state index in [1.165, 1.54) is 32.1 Å². The van der Waals surface area contributed by atoms with Crippen LogP contribution >= 0.6 is 0 Å². The standard InChI is InChI=1S/C17H23N5O2/c1-13-15(8-19-24-13)17(23)22-11-14(9-20-5-2-3-6-20)10-21-7-4-18-16(21)12-22/h4,7-8,14H,2-3,5-6,9-12H2,1H3. The molecule has 4 rings (SSSR count). The molecule has 7 heteroatoms. The lowest BCUT2D eigenvalue weighted by atomic mass is 10.1. The summed E-state index contributed by atoms with van der Waals surface area (Å²) in [5.74, 6) is 1.91. The molecule has 0 bridgehead atoms. The molecule has 1 amide bonds. The summed E-state index contributed by atoms with van der Waals surface area (Å²) < 4.78 is 7.26. The van der Waals surface area contributed by atoms with Crippen LogP contribution in [0.1, 0.15) is 34.8 Å². The normalized spacial score (nSPS) is 21.7. The Morgan fingerprint density at radius 1 is 1.33 bits per heavy atom. The second-order valence-electron chi connectivity index (χ2n) is 6.85. The number of imidazole rings is 1. The van der Waals surface area contributed by atoms with Gasteiger partial charge in [0.2, 0.25) is 0 Å². The highest BCUT2D eigenvalue weighted by atomic mass is 16.5. The Balaban J connectivity index is 1.57. The lowest BCUT2D eigenvalue weighted by Gasteiger charge is -2.27. The smallest absolute Gasteiger partial charge is 0.259 e. The molecule has 0 spiro atoms. The summed E-state index contributed by atoms with van der Waals surface area (Å²) in [6.45, 7) is 7.34. The van der Waals surface area contributed by atoms with Gasteiger partial charge in [-0.2, -0.15) is 0 Å². The number of likely N-dealkylation sites (tertiary alicyclic amines) is 1. The highest BCUT2D eigenvalue weighted by Gasteiger charge is 2.29. The predicted molar refractivity (Wildman–Crippen MR) is 87.4 cm³/mol. The van der Waals surface area contributed by atoms with Gasteiger partial charge in [-0.15, -0.1) is 0 Å². The number of carbonyl (C=O) groups excluding carboxylic acids is 1. The second kappa shape index (κ2) is 6.39. The fourth-order valence-electron chi connectivity index (χ4n) is 3.82. The van der Waals surface area contributed by atoms with E-state index in [1.54, 1.807) is 6.92 Å². The maximum absolute atomic E-state index is 12.9. The Hall–Kier alpha value is -2.15. The molecular formula is C17H23N5O2. The first-order valence-corrected chi connectivity index (χ1v) is 8.63. The van der Waals surface area contributed by atoms with Crippen LogP contribution in [-0.4, -0.2) is 56.6 Å². The lowest BCUT2D eigenvalue weighted by Crippen LogP contribution is -2.38. The van der Waals surface area contributed by atoms with Crippen molar-refractivity contribution in [1.29, 1.82) is 0 Å². The van der Waals surface area contributed by atoms with Gasteiger partial charge in [0.1, 0.15) is 17.1 Å². The van der Waals surface area contributed by atoms with Crippen LogP contribution in [0.25, 0.3) is 0 Å². The van der Waals surface area contributed by atoms with Crippen LogP contribution in [0.4, 0.5) is 0 Å². The van der Waals surface area contributed by atoms with Crippen molar-refractivity contribution in [2.75, 3.05) is 26.2 Å². The van der Waals surface area contributed by atoms with Crippen molar-refractivity contribution >= 4 is 5.91 Å². The summed E-state index contributed by atoms with van der Waals surface area (Å²) in [6.07, 6.45) is 7.92. The molecule has 0 aromatic carbocycles. The van der Waals surface area contributed by atoms with Crippen molar-refractivity contribution in [3.63, 3.8) is 0 Å². The molecule has 0 N–H and O–H groups in total. The van der Waals surface area contributed by atoms with E-state index in [0.29, 0.717) is 23.8 Å². The van der Waals surface area contributed by atoms with Crippen molar-refractivity contribution in [3.8, 4) is 0 Å². The van der Waals surface area contributed by atoms with E-state index < -0.39 is 0 Å². The number of hydrogen-bond donors (Lipinski definition) is 0. The molecule has 0 aliphatic carbocycles. The third-order valence-corrected chi connectivity index (χ3v) is 5.05. The van der Waals surface area contributed by atoms with Gasteiger partial charge in [-0.1, -0.05) is 5.16 Å². The van der Waals surface area contributed by atoms with E-state index in [4.69, 9.17) is 4.52 Å². The summed E-state index contributed by atoms with van der Waals surface area (Å²) in [5, 5.41) is 3.75. The Morgan fingerprint density at radius 3 is 2.92 bits per heavy atom. The maximum Gasteiger partial charge on any atom is 0.259 e. The molecule has 4 heterocycles. The van der Waals surface area contributed by atoms with Gasteiger partial charge in [-0.05, 0) is 32.9 Å². The monoisotopic (exact) mass is 329 g/mol. The number of amides is 1. The summed E-state index contributed by atoms with van der Waals surface area (Å²) in [5.41, 5.74) is 0.551. The van der Waals surface area contributed by atoms with Gasteiger partial charge < -0.3 is 18.9 Å². The quantitative estimate of drug-likeness (QED) is 0.855. The van der Waals surface area contributed by atoms with Gasteiger partial charge >= 0.3 is 0 Å². The summed E-state index contributed by atoms with van der Waals surface area (Å²) in [6, 6.07) is 0. The summed E-state index contributed by atoms with van der Waals surface area (Å²) >= 11 is 0. The first kappa shape index (κ1) is 15.4. The highest BCUT2D eigenvalue weighted by molar-refractivity contribution is 5.94. The first-order chi connectivity index (χ1) is 11.7. The Labute approximate surface area is 141 Å². The molecule has 2 aromatic heterocycles. The van der Waals surface area contributed by atoms with Crippen molar-refractivity contribution in [1.82, 2.24) is 24.5 Å². The van der Waals surface area contributed by atoms with Crippen molar-refractivity contribution in [2.45, 2.75) is 32.9 Å². The largest absolute Gasteiger partial charge is 0.361 e. The minimum atomic E-state index is -0.0170. The zero-order valence-corrected chi connectivity index (χ0v) is 14.0. The van der Waals surface area contributed by atoms with Gasteiger partial charge in [0.05, 0.1) is 12.7 Å². The van der Waals surface area contributed by atoms with E-state index in [9.17, 15) is 4.79 Å². The Morgan fingerprint density at radius 2 is 2.17 bits per heavy atom. The molecule has 2 aromatic rings. The van der Waals surface area contributed by atoms with Crippen LogP contribution in [0.3, 0.4) is 0 Å². The molecule has 24 heavy (non-hydrogen) atoms. The third kappa shape index (κ3) is 2.96. The molecule has 128 valence electrons. The number of rotatable bonds is 3. The number of aryl methyl sites for hydroxylation is 1. The van der Waals surface area contributed by atoms with Crippen LogP contribution in [0.5, 0.6) is 0 Å². The van der Waals surface area contributed by atoms with Crippen LogP contribution in [0.2, 0.25) is 0 Å². The highest BCUT2D eigenvalue weighted by Crippen LogP contribution is 2.21. The van der Waals surface area contributed by atoms with Crippen LogP contribution in [0.15, 0.2) is 23.1 Å². The number of aromatic nitrogens is 3. The summed E-state index contributed by atoms with van der Waals surface area (Å²) in [4.78, 5) is 21.8. The topological polar surface area (TPSA) is 67.4 Å². The maximum atomic E-state index is 12.9. The van der Waals surface area contributed by atoms with Gasteiger partial charge in [0, 0.05) is 37.9 Å². The molecule has 1 atom stereocenters. The van der Waals surface area contributed by atoms with Crippen molar-refractivity contribution in [2.24, 2.45) is 5.92 Å². The number of nitrogens with zero attached hydrogens (tertiary/aromatic N) is 5. The average molecular weight is 329 g/mol. The van der Waals surface area contributed by atoms with E-state index in [0.717, 1.165) is 25.5 Å². The van der Waals surface area contributed by atoms with Crippen LogP contribution in [-0.2, 0) is 13.1 Å². The fourth-order valence-corrected chi connectivity index (χ4v) is 3.82. The zero-order chi connectivity index (χ0) is 16.5. The molecule has 0 saturated carbocycles. The fraction of sp³-hybridized carbons (Fsp3) is 0.588. The van der Waals surface area contributed by atoms with Crippen molar-refractivity contribution < 1.29 is 9.32 Å². The number of carbonyl (C=O) groups is 1. The van der Waals surface area contributed by atoms with Gasteiger partial charge in [-0.3, -0.25) is 4.79 Å². The van der Waals surface area contributed by atoms with Gasteiger partial charge in [-0.25, -0.2) is 4.98 Å². The Kier molecular flexibility index (Phi) is 4.10. The molecule has 1 fully saturated rings. The molecule has 0 radical (unpaired) electrons. The minimum Gasteiger partial charge on any atom is -0.361 e. The minimum absolute atomic E-state index is 0.0170. The first-order valence-electron chi connectivity index (χ1n) is 8.63. The van der Waals surface area contributed by atoms with Gasteiger partial charge in [0.25, 0.3) is 5.91 Å². The third-order valence-electron chi connectivity index (χ3n) is 5.05. The molecule has 2 aliphatic rings. The van der Waals surface area contributed by atoms with E-state index in [1.807, 2.05) is 17.3 Å². The molecule has 7 nitrogen and oxygen atoms in total. The second-order valence-corrected chi connectivity index (χ2v) is 6.85. The SMILES string of the molecule is Cc1oncc1C(=O)N1Cc2nccn2CC(CN2CCCC2)C1. The van der Waals surface area contributed by atoms with E-state index in [2.05, 4.69) is 19.6 Å². The summed E-state index contributed by atoms with van der Waals surface area (Å²) in [7, 11) is 0. The lowest BCUT2D eigenvalue weighted by molar-refractivity contribution is 0.0705. The predicted octanol–water partition coefficient (Wildman–Crippen LogP) is 1.55. The molecular weight excluding hydrogens is 306 g/mol. The van der Waals surface area contributed by atoms with E-state index >= 15 is 0 Å². The number of fused-ring (bicyclic) bond motifs is 1.